The molecule has 0 amide bonds. The van der Waals surface area contributed by atoms with Crippen molar-refractivity contribution in [1.82, 2.24) is 0 Å². The van der Waals surface area contributed by atoms with E-state index in [1.165, 1.54) is 11.3 Å². The van der Waals surface area contributed by atoms with E-state index in [1.807, 2.05) is 11.4 Å². The molecule has 0 radical (unpaired) electrons. The summed E-state index contributed by atoms with van der Waals surface area (Å²) in [5.41, 5.74) is 0. The van der Waals surface area contributed by atoms with E-state index in [0.717, 1.165) is 5.19 Å². The topological polar surface area (TPSA) is 40.5 Å². The number of hydrogen-bond donors (Lipinski definition) is 2. The molecule has 0 atom stereocenters. The van der Waals surface area contributed by atoms with Crippen molar-refractivity contribution in [3.8, 4) is 0 Å². The smallest absolute Gasteiger partial charge is 0.423 e. The van der Waals surface area contributed by atoms with Gasteiger partial charge in [0.05, 0.1) is 8.07 Å². The Kier molecular flexibility index (Phi) is 2.78. The van der Waals surface area contributed by atoms with Gasteiger partial charge in [0, 0.05) is 4.78 Å². The van der Waals surface area contributed by atoms with E-state index >= 15 is 0 Å². The first-order valence-corrected chi connectivity index (χ1v) is 8.25. The Bertz CT molecular complexity index is 267. The number of rotatable bonds is 2. The molecule has 0 aromatic carbocycles. The van der Waals surface area contributed by atoms with Crippen LogP contribution in [0.4, 0.5) is 0 Å². The molecule has 0 bridgehead atoms. The highest BCUT2D eigenvalue weighted by Crippen LogP contribution is 2.04. The lowest BCUT2D eigenvalue weighted by atomic mass is 9.90. The van der Waals surface area contributed by atoms with Gasteiger partial charge in [-0.2, -0.15) is 11.3 Å². The van der Waals surface area contributed by atoms with Crippen molar-refractivity contribution in [2.45, 2.75) is 19.6 Å². The summed E-state index contributed by atoms with van der Waals surface area (Å²) in [5, 5.41) is 21.2. The molecule has 2 N–H and O–H groups in total. The average Bonchev–Trinajstić information content (AvgIpc) is 2.30. The van der Waals surface area contributed by atoms with E-state index in [9.17, 15) is 0 Å². The second-order valence-corrected chi connectivity index (χ2v) is 9.81. The molecule has 5 heteroatoms. The third-order valence-corrected chi connectivity index (χ3v) is 4.93. The summed E-state index contributed by atoms with van der Waals surface area (Å²) in [6, 6.07) is 2.01. The molecule has 0 aliphatic heterocycles. The first-order valence-electron chi connectivity index (χ1n) is 3.87. The fraction of sp³-hybridized carbons (Fsp3) is 0.429. The van der Waals surface area contributed by atoms with Gasteiger partial charge < -0.3 is 10.0 Å². The van der Waals surface area contributed by atoms with Crippen molar-refractivity contribution in [2.75, 3.05) is 0 Å². The fourth-order valence-electron chi connectivity index (χ4n) is 1.14. The summed E-state index contributed by atoms with van der Waals surface area (Å²) in [6.07, 6.45) is 0. The molecule has 0 fully saturated rings. The Balaban J connectivity index is 3.08. The largest absolute Gasteiger partial charge is 0.498 e. The zero-order valence-corrected chi connectivity index (χ0v) is 9.35. The summed E-state index contributed by atoms with van der Waals surface area (Å²) in [6.45, 7) is 6.59. The van der Waals surface area contributed by atoms with Crippen LogP contribution in [-0.2, 0) is 0 Å². The van der Waals surface area contributed by atoms with Gasteiger partial charge in [-0.25, -0.2) is 0 Å². The SMILES string of the molecule is C[Si](C)(C)c1ccsc1B(O)O. The lowest BCUT2D eigenvalue weighted by Crippen LogP contribution is -2.50. The van der Waals surface area contributed by atoms with E-state index in [-0.39, 0.29) is 0 Å². The van der Waals surface area contributed by atoms with Gasteiger partial charge in [0.1, 0.15) is 0 Å². The Hall–Kier alpha value is -0.0982. The molecule has 0 saturated heterocycles. The summed E-state index contributed by atoms with van der Waals surface area (Å²) >= 11 is 1.42. The predicted octanol–water partition coefficient (Wildman–Crippen LogP) is -0.0269. The molecule has 1 aromatic rings. The molecule has 0 aliphatic rings. The van der Waals surface area contributed by atoms with Gasteiger partial charge >= 0.3 is 7.12 Å². The Labute approximate surface area is 78.0 Å². The normalized spacial score (nSPS) is 11.8. The summed E-state index contributed by atoms with van der Waals surface area (Å²) in [4.78, 5) is 0. The van der Waals surface area contributed by atoms with Gasteiger partial charge in [0.25, 0.3) is 0 Å². The monoisotopic (exact) mass is 200 g/mol. The second kappa shape index (κ2) is 3.34. The van der Waals surface area contributed by atoms with Crippen LogP contribution in [0.25, 0.3) is 0 Å². The highest BCUT2D eigenvalue weighted by Gasteiger charge is 2.26. The van der Waals surface area contributed by atoms with Crippen molar-refractivity contribution in [1.29, 1.82) is 0 Å². The molecule has 12 heavy (non-hydrogen) atoms. The molecular formula is C7H13BO2SSi. The molecule has 1 rings (SSSR count). The molecule has 0 spiro atoms. The third-order valence-electron chi connectivity index (χ3n) is 1.74. The standard InChI is InChI=1S/C7H13BO2SSi/c1-12(2,3)6-4-5-11-7(6)8(9)10/h4-5,9-10H,1-3H3. The van der Waals surface area contributed by atoms with E-state index in [4.69, 9.17) is 10.0 Å². The molecule has 1 aromatic heterocycles. The molecule has 2 nitrogen and oxygen atoms in total. The van der Waals surface area contributed by atoms with Crippen molar-refractivity contribution in [2.24, 2.45) is 0 Å². The lowest BCUT2D eigenvalue weighted by Gasteiger charge is -2.16. The van der Waals surface area contributed by atoms with E-state index in [0.29, 0.717) is 4.78 Å². The first kappa shape index (κ1) is 9.99. The highest BCUT2D eigenvalue weighted by molar-refractivity contribution is 7.23. The first-order chi connectivity index (χ1) is 5.43. The third kappa shape index (κ3) is 1.98. The van der Waals surface area contributed by atoms with Gasteiger partial charge in [-0.3, -0.25) is 0 Å². The Morgan fingerprint density at radius 2 is 1.92 bits per heavy atom. The lowest BCUT2D eigenvalue weighted by molar-refractivity contribution is 0.427. The van der Waals surface area contributed by atoms with Gasteiger partial charge in [-0.1, -0.05) is 25.7 Å². The average molecular weight is 200 g/mol. The Morgan fingerprint density at radius 3 is 2.25 bits per heavy atom. The molecule has 1 heterocycles. The van der Waals surface area contributed by atoms with E-state index < -0.39 is 15.2 Å². The number of hydrogen-bond acceptors (Lipinski definition) is 3. The van der Waals surface area contributed by atoms with Gasteiger partial charge in [-0.05, 0) is 10.6 Å². The van der Waals surface area contributed by atoms with Crippen LogP contribution in [0.1, 0.15) is 0 Å². The number of thiophene rings is 1. The van der Waals surface area contributed by atoms with Gasteiger partial charge in [-0.15, -0.1) is 0 Å². The maximum absolute atomic E-state index is 9.04. The molecule has 0 aliphatic carbocycles. The maximum Gasteiger partial charge on any atom is 0.498 e. The fourth-order valence-corrected chi connectivity index (χ4v) is 4.48. The molecule has 0 saturated carbocycles. The van der Waals surface area contributed by atoms with Crippen LogP contribution < -0.4 is 9.96 Å². The van der Waals surface area contributed by atoms with Crippen molar-refractivity contribution in [3.05, 3.63) is 11.4 Å². The molecule has 0 unspecified atom stereocenters. The molecule has 66 valence electrons. The van der Waals surface area contributed by atoms with Crippen molar-refractivity contribution < 1.29 is 10.0 Å². The van der Waals surface area contributed by atoms with Crippen LogP contribution >= 0.6 is 11.3 Å². The van der Waals surface area contributed by atoms with Crippen LogP contribution in [0.3, 0.4) is 0 Å². The maximum atomic E-state index is 9.04. The van der Waals surface area contributed by atoms with Crippen LogP contribution in [-0.4, -0.2) is 25.2 Å². The van der Waals surface area contributed by atoms with E-state index in [2.05, 4.69) is 19.6 Å². The zero-order valence-electron chi connectivity index (χ0n) is 7.53. The predicted molar refractivity (Wildman–Crippen MR) is 57.1 cm³/mol. The van der Waals surface area contributed by atoms with Crippen LogP contribution in [0.15, 0.2) is 11.4 Å². The minimum atomic E-state index is -1.40. The summed E-state index contributed by atoms with van der Waals surface area (Å²) in [5.74, 6) is 0. The quantitative estimate of drug-likeness (QED) is 0.658. The second-order valence-electron chi connectivity index (χ2n) is 3.82. The van der Waals surface area contributed by atoms with Crippen LogP contribution in [0.5, 0.6) is 0 Å². The summed E-state index contributed by atoms with van der Waals surface area (Å²) in [7, 11) is -2.70. The minimum Gasteiger partial charge on any atom is -0.423 e. The Morgan fingerprint density at radius 1 is 1.33 bits per heavy atom. The minimum absolute atomic E-state index is 0.717. The summed E-state index contributed by atoms with van der Waals surface area (Å²) < 4.78 is 0.717. The van der Waals surface area contributed by atoms with Crippen LogP contribution in [0, 0.1) is 0 Å². The van der Waals surface area contributed by atoms with Crippen LogP contribution in [0.2, 0.25) is 19.6 Å². The van der Waals surface area contributed by atoms with E-state index in [1.54, 1.807) is 0 Å². The molecular weight excluding hydrogens is 187 g/mol. The zero-order chi connectivity index (χ0) is 9.35. The highest BCUT2D eigenvalue weighted by atomic mass is 32.1. The van der Waals surface area contributed by atoms with Crippen molar-refractivity contribution >= 4 is 36.5 Å². The van der Waals surface area contributed by atoms with Gasteiger partial charge in [0.15, 0.2) is 0 Å². The van der Waals surface area contributed by atoms with Gasteiger partial charge in [0.2, 0.25) is 0 Å². The van der Waals surface area contributed by atoms with Crippen molar-refractivity contribution in [3.63, 3.8) is 0 Å².